The summed E-state index contributed by atoms with van der Waals surface area (Å²) in [7, 11) is 2.22. The Hall–Kier alpha value is -0.610. The summed E-state index contributed by atoms with van der Waals surface area (Å²) in [4.78, 5) is 16.3. The fourth-order valence-corrected chi connectivity index (χ4v) is 3.53. The number of piperidine rings is 2. The van der Waals surface area contributed by atoms with E-state index in [4.69, 9.17) is 4.74 Å². The maximum Gasteiger partial charge on any atom is 0.320 e. The van der Waals surface area contributed by atoms with E-state index in [9.17, 15) is 4.79 Å². The fourth-order valence-electron chi connectivity index (χ4n) is 3.53. The molecule has 0 radical (unpaired) electrons. The topological polar surface area (TPSA) is 32.8 Å². The summed E-state index contributed by atoms with van der Waals surface area (Å²) in [5.74, 6) is 1.75. The first kappa shape index (κ1) is 15.8. The van der Waals surface area contributed by atoms with E-state index < -0.39 is 0 Å². The first-order valence-corrected chi connectivity index (χ1v) is 8.25. The second-order valence-electron chi connectivity index (χ2n) is 6.47. The van der Waals surface area contributed by atoms with Crippen molar-refractivity contribution >= 4 is 5.97 Å². The average Bonchev–Trinajstić information content (AvgIpc) is 2.47. The number of hydrogen-bond donors (Lipinski definition) is 0. The predicted octanol–water partition coefficient (Wildman–Crippen LogP) is 1.99. The van der Waals surface area contributed by atoms with Crippen molar-refractivity contribution in [3.8, 4) is 0 Å². The van der Waals surface area contributed by atoms with Gasteiger partial charge in [-0.25, -0.2) is 0 Å². The highest BCUT2D eigenvalue weighted by molar-refractivity contribution is 5.71. The van der Waals surface area contributed by atoms with Crippen LogP contribution in [0.5, 0.6) is 0 Å². The summed E-state index contributed by atoms with van der Waals surface area (Å²) in [6, 6.07) is 0. The minimum atomic E-state index is -0.0513. The van der Waals surface area contributed by atoms with E-state index in [2.05, 4.69) is 16.8 Å². The Morgan fingerprint density at radius 3 is 2.15 bits per heavy atom. The molecule has 0 spiro atoms. The normalized spacial score (nSPS) is 23.9. The van der Waals surface area contributed by atoms with E-state index in [1.807, 2.05) is 6.92 Å². The number of nitrogens with zero attached hydrogens (tertiary/aromatic N) is 2. The molecule has 2 fully saturated rings. The molecule has 0 bridgehead atoms. The van der Waals surface area contributed by atoms with E-state index in [-0.39, 0.29) is 5.97 Å². The number of esters is 1. The maximum atomic E-state index is 11.6. The summed E-state index contributed by atoms with van der Waals surface area (Å²) in [6.45, 7) is 7.73. The molecule has 116 valence electrons. The number of likely N-dealkylation sites (tertiary alicyclic amines) is 2. The minimum absolute atomic E-state index is 0.0513. The molecule has 2 aliphatic rings. The molecule has 0 unspecified atom stereocenters. The van der Waals surface area contributed by atoms with Crippen molar-refractivity contribution in [1.82, 2.24) is 9.80 Å². The van der Waals surface area contributed by atoms with Gasteiger partial charge in [-0.1, -0.05) is 6.92 Å². The second-order valence-corrected chi connectivity index (χ2v) is 6.47. The zero-order valence-electron chi connectivity index (χ0n) is 13.1. The van der Waals surface area contributed by atoms with Gasteiger partial charge < -0.3 is 9.64 Å². The second kappa shape index (κ2) is 7.99. The van der Waals surface area contributed by atoms with Gasteiger partial charge in [0.05, 0.1) is 13.2 Å². The summed E-state index contributed by atoms with van der Waals surface area (Å²) in [6.07, 6.45) is 6.15. The highest BCUT2D eigenvalue weighted by Crippen LogP contribution is 2.31. The van der Waals surface area contributed by atoms with Gasteiger partial charge in [0.2, 0.25) is 0 Å². The van der Waals surface area contributed by atoms with Crippen LogP contribution < -0.4 is 0 Å². The predicted molar refractivity (Wildman–Crippen MR) is 80.6 cm³/mol. The summed E-state index contributed by atoms with van der Waals surface area (Å²) >= 11 is 0. The molecule has 0 amide bonds. The van der Waals surface area contributed by atoms with Crippen molar-refractivity contribution in [3.05, 3.63) is 0 Å². The molecule has 2 saturated heterocycles. The van der Waals surface area contributed by atoms with Crippen LogP contribution in [0.25, 0.3) is 0 Å². The molecule has 4 heteroatoms. The fraction of sp³-hybridized carbons (Fsp3) is 0.938. The molecule has 0 aliphatic carbocycles. The van der Waals surface area contributed by atoms with Gasteiger partial charge in [0.25, 0.3) is 0 Å². The highest BCUT2D eigenvalue weighted by atomic mass is 16.5. The standard InChI is InChI=1S/C16H30N2O2/c1-3-12-20-16(19)13-18-10-6-15(7-11-18)14-4-8-17(2)9-5-14/h14-15H,3-13H2,1-2H3. The third-order valence-corrected chi connectivity index (χ3v) is 4.88. The van der Waals surface area contributed by atoms with E-state index in [1.165, 1.54) is 38.8 Å². The molecule has 2 heterocycles. The Kier molecular flexibility index (Phi) is 6.30. The van der Waals surface area contributed by atoms with Crippen molar-refractivity contribution < 1.29 is 9.53 Å². The first-order chi connectivity index (χ1) is 9.69. The van der Waals surface area contributed by atoms with Crippen LogP contribution in [0.3, 0.4) is 0 Å². The third-order valence-electron chi connectivity index (χ3n) is 4.88. The van der Waals surface area contributed by atoms with Gasteiger partial charge >= 0.3 is 5.97 Å². The molecule has 20 heavy (non-hydrogen) atoms. The molecule has 0 saturated carbocycles. The molecule has 0 aromatic rings. The van der Waals surface area contributed by atoms with Gasteiger partial charge in [-0.3, -0.25) is 9.69 Å². The molecular formula is C16H30N2O2. The molecule has 4 nitrogen and oxygen atoms in total. The van der Waals surface area contributed by atoms with Gasteiger partial charge in [-0.15, -0.1) is 0 Å². The molecule has 0 aromatic heterocycles. The zero-order chi connectivity index (χ0) is 14.4. The SMILES string of the molecule is CCCOC(=O)CN1CCC(C2CCN(C)CC2)CC1. The Morgan fingerprint density at radius 1 is 1.05 bits per heavy atom. The van der Waals surface area contributed by atoms with E-state index in [0.29, 0.717) is 13.2 Å². The van der Waals surface area contributed by atoms with Gasteiger partial charge in [0.15, 0.2) is 0 Å². The van der Waals surface area contributed by atoms with Gasteiger partial charge in [-0.2, -0.15) is 0 Å². The van der Waals surface area contributed by atoms with E-state index >= 15 is 0 Å². The lowest BCUT2D eigenvalue weighted by molar-refractivity contribution is -0.145. The maximum absolute atomic E-state index is 11.6. The number of carbonyl (C=O) groups excluding carboxylic acids is 1. The third kappa shape index (κ3) is 4.74. The Morgan fingerprint density at radius 2 is 1.60 bits per heavy atom. The minimum Gasteiger partial charge on any atom is -0.465 e. The monoisotopic (exact) mass is 282 g/mol. The van der Waals surface area contributed by atoms with Crippen LogP contribution in [0.15, 0.2) is 0 Å². The summed E-state index contributed by atoms with van der Waals surface area (Å²) in [5.41, 5.74) is 0. The Balaban J connectivity index is 1.66. The largest absolute Gasteiger partial charge is 0.465 e. The quantitative estimate of drug-likeness (QED) is 0.722. The van der Waals surface area contributed by atoms with Gasteiger partial charge in [-0.05, 0) is 77.2 Å². The van der Waals surface area contributed by atoms with Crippen molar-refractivity contribution in [2.75, 3.05) is 46.4 Å². The van der Waals surface area contributed by atoms with Crippen LogP contribution in [0.4, 0.5) is 0 Å². The van der Waals surface area contributed by atoms with Crippen LogP contribution in [-0.2, 0) is 9.53 Å². The number of rotatable bonds is 5. The van der Waals surface area contributed by atoms with Gasteiger partial charge in [0.1, 0.15) is 0 Å². The van der Waals surface area contributed by atoms with Crippen LogP contribution in [-0.4, -0.2) is 62.1 Å². The lowest BCUT2D eigenvalue weighted by Crippen LogP contribution is -2.41. The van der Waals surface area contributed by atoms with Crippen LogP contribution >= 0.6 is 0 Å². The average molecular weight is 282 g/mol. The smallest absolute Gasteiger partial charge is 0.320 e. The van der Waals surface area contributed by atoms with Crippen LogP contribution in [0, 0.1) is 11.8 Å². The van der Waals surface area contributed by atoms with E-state index in [1.54, 1.807) is 0 Å². The molecule has 0 atom stereocenters. The molecule has 2 aliphatic heterocycles. The zero-order valence-corrected chi connectivity index (χ0v) is 13.1. The molecular weight excluding hydrogens is 252 g/mol. The number of carbonyl (C=O) groups is 1. The Labute approximate surface area is 123 Å². The molecule has 0 N–H and O–H groups in total. The summed E-state index contributed by atoms with van der Waals surface area (Å²) < 4.78 is 5.16. The highest BCUT2D eigenvalue weighted by Gasteiger charge is 2.29. The Bertz CT molecular complexity index is 293. The summed E-state index contributed by atoms with van der Waals surface area (Å²) in [5, 5.41) is 0. The lowest BCUT2D eigenvalue weighted by Gasteiger charge is -2.39. The van der Waals surface area contributed by atoms with E-state index in [0.717, 1.165) is 31.3 Å². The van der Waals surface area contributed by atoms with Crippen LogP contribution in [0.1, 0.15) is 39.0 Å². The van der Waals surface area contributed by atoms with Crippen molar-refractivity contribution in [3.63, 3.8) is 0 Å². The van der Waals surface area contributed by atoms with Crippen molar-refractivity contribution in [2.24, 2.45) is 11.8 Å². The first-order valence-electron chi connectivity index (χ1n) is 8.25. The number of ether oxygens (including phenoxy) is 1. The lowest BCUT2D eigenvalue weighted by atomic mass is 9.79. The van der Waals surface area contributed by atoms with Gasteiger partial charge in [0, 0.05) is 0 Å². The van der Waals surface area contributed by atoms with Crippen LogP contribution in [0.2, 0.25) is 0 Å². The molecule has 2 rings (SSSR count). The van der Waals surface area contributed by atoms with Crippen molar-refractivity contribution in [1.29, 1.82) is 0 Å². The van der Waals surface area contributed by atoms with Crippen molar-refractivity contribution in [2.45, 2.75) is 39.0 Å². The number of hydrogen-bond acceptors (Lipinski definition) is 4. The molecule has 0 aromatic carbocycles.